The molecule has 114 valence electrons. The molecule has 0 unspecified atom stereocenters. The molecular weight excluding hydrogens is 264 g/mol. The first-order valence-electron chi connectivity index (χ1n) is 6.94. The normalized spacial score (nSPS) is 17.6. The first-order valence-corrected chi connectivity index (χ1v) is 6.94. The molecule has 0 saturated carbocycles. The zero-order valence-corrected chi connectivity index (χ0v) is 11.7. The Morgan fingerprint density at radius 1 is 1.25 bits per heavy atom. The maximum Gasteiger partial charge on any atom is 0.326 e. The number of nitrogens with one attached hydrogen (secondary N) is 1. The highest BCUT2D eigenvalue weighted by Crippen LogP contribution is 2.21. The van der Waals surface area contributed by atoms with Crippen molar-refractivity contribution in [1.82, 2.24) is 10.2 Å². The van der Waals surface area contributed by atoms with Gasteiger partial charge in [0, 0.05) is 13.1 Å². The minimum Gasteiger partial charge on any atom is -0.481 e. The number of carbonyl (C=O) groups excluding carboxylic acids is 1. The van der Waals surface area contributed by atoms with Gasteiger partial charge in [-0.1, -0.05) is 19.8 Å². The Bertz CT molecular complexity index is 364. The lowest BCUT2D eigenvalue weighted by Gasteiger charge is -2.32. The lowest BCUT2D eigenvalue weighted by Crippen LogP contribution is -2.50. The second kappa shape index (κ2) is 7.72. The Labute approximate surface area is 117 Å². The van der Waals surface area contributed by atoms with Crippen LogP contribution in [-0.4, -0.2) is 52.2 Å². The van der Waals surface area contributed by atoms with E-state index in [2.05, 4.69) is 12.2 Å². The van der Waals surface area contributed by atoms with Crippen LogP contribution in [0.1, 0.15) is 39.0 Å². The summed E-state index contributed by atoms with van der Waals surface area (Å²) in [5, 5.41) is 19.8. The number of rotatable bonds is 6. The molecule has 0 aliphatic carbocycles. The molecule has 0 bridgehead atoms. The third-order valence-corrected chi connectivity index (χ3v) is 3.57. The molecule has 0 aromatic heterocycles. The van der Waals surface area contributed by atoms with Crippen LogP contribution < -0.4 is 5.32 Å². The van der Waals surface area contributed by atoms with Gasteiger partial charge in [-0.3, -0.25) is 4.79 Å². The predicted molar refractivity (Wildman–Crippen MR) is 71.4 cm³/mol. The molecule has 0 radical (unpaired) electrons. The second-order valence-corrected chi connectivity index (χ2v) is 5.16. The van der Waals surface area contributed by atoms with Crippen molar-refractivity contribution in [2.45, 2.75) is 45.1 Å². The molecule has 3 N–H and O–H groups in total. The van der Waals surface area contributed by atoms with Crippen LogP contribution in [0.25, 0.3) is 0 Å². The second-order valence-electron chi connectivity index (χ2n) is 5.16. The minimum absolute atomic E-state index is 0.492. The quantitative estimate of drug-likeness (QED) is 0.678. The molecule has 20 heavy (non-hydrogen) atoms. The van der Waals surface area contributed by atoms with Gasteiger partial charge in [-0.15, -0.1) is 0 Å². The predicted octanol–water partition coefficient (Wildman–Crippen LogP) is 1.14. The molecule has 0 aromatic carbocycles. The lowest BCUT2D eigenvalue weighted by atomic mass is 9.93. The van der Waals surface area contributed by atoms with Crippen LogP contribution in [0.3, 0.4) is 0 Å². The molecule has 1 aliphatic heterocycles. The topological polar surface area (TPSA) is 107 Å². The highest BCUT2D eigenvalue weighted by molar-refractivity contribution is 5.86. The number of hydrogen-bond donors (Lipinski definition) is 3. The summed E-state index contributed by atoms with van der Waals surface area (Å²) in [6, 6.07) is -1.87. The molecule has 1 rings (SSSR count). The van der Waals surface area contributed by atoms with E-state index in [0.29, 0.717) is 19.0 Å². The average molecular weight is 286 g/mol. The smallest absolute Gasteiger partial charge is 0.326 e. The minimum atomic E-state index is -1.38. The van der Waals surface area contributed by atoms with Gasteiger partial charge >= 0.3 is 18.0 Å². The Morgan fingerprint density at radius 2 is 1.85 bits per heavy atom. The number of nitrogens with zero attached hydrogens (tertiary/aromatic N) is 1. The van der Waals surface area contributed by atoms with E-state index in [1.54, 1.807) is 4.90 Å². The van der Waals surface area contributed by atoms with E-state index in [9.17, 15) is 14.4 Å². The fourth-order valence-corrected chi connectivity index (χ4v) is 2.45. The summed E-state index contributed by atoms with van der Waals surface area (Å²) in [5.41, 5.74) is 0. The molecule has 1 fully saturated rings. The molecule has 1 heterocycles. The van der Waals surface area contributed by atoms with Crippen LogP contribution >= 0.6 is 0 Å². The van der Waals surface area contributed by atoms with Crippen molar-refractivity contribution in [3.05, 3.63) is 0 Å². The van der Waals surface area contributed by atoms with Gasteiger partial charge in [0.05, 0.1) is 6.42 Å². The number of hydrogen-bond acceptors (Lipinski definition) is 3. The van der Waals surface area contributed by atoms with Crippen molar-refractivity contribution in [1.29, 1.82) is 0 Å². The summed E-state index contributed by atoms with van der Waals surface area (Å²) in [6.07, 6.45) is 3.48. The van der Waals surface area contributed by atoms with E-state index in [0.717, 1.165) is 25.7 Å². The third kappa shape index (κ3) is 5.07. The fourth-order valence-electron chi connectivity index (χ4n) is 2.45. The highest BCUT2D eigenvalue weighted by atomic mass is 16.4. The molecule has 7 nitrogen and oxygen atoms in total. The lowest BCUT2D eigenvalue weighted by molar-refractivity contribution is -0.145. The van der Waals surface area contributed by atoms with E-state index < -0.39 is 30.4 Å². The average Bonchev–Trinajstić information content (AvgIpc) is 2.38. The Kier molecular flexibility index (Phi) is 6.27. The number of urea groups is 1. The molecule has 0 spiro atoms. The summed E-state index contributed by atoms with van der Waals surface area (Å²) in [4.78, 5) is 34.9. The van der Waals surface area contributed by atoms with Crippen LogP contribution in [0.2, 0.25) is 0 Å². The van der Waals surface area contributed by atoms with Gasteiger partial charge in [0.2, 0.25) is 0 Å². The largest absolute Gasteiger partial charge is 0.481 e. The molecule has 1 atom stereocenters. The zero-order valence-electron chi connectivity index (χ0n) is 11.7. The number of piperidine rings is 1. The summed E-state index contributed by atoms with van der Waals surface area (Å²) < 4.78 is 0. The molecule has 1 aliphatic rings. The van der Waals surface area contributed by atoms with E-state index in [-0.39, 0.29) is 0 Å². The summed E-state index contributed by atoms with van der Waals surface area (Å²) in [6.45, 7) is 3.31. The Hall–Kier alpha value is -1.79. The van der Waals surface area contributed by atoms with Crippen LogP contribution in [0.15, 0.2) is 0 Å². The molecule has 0 aromatic rings. The van der Waals surface area contributed by atoms with Crippen molar-refractivity contribution in [3.63, 3.8) is 0 Å². The van der Waals surface area contributed by atoms with E-state index in [1.807, 2.05) is 0 Å². The molecule has 1 saturated heterocycles. The standard InChI is InChI=1S/C13H22N2O5/c1-2-3-9-4-6-15(7-5-9)13(20)14-10(12(18)19)8-11(16)17/h9-10H,2-8H2,1H3,(H,14,20)(H,16,17)(H,18,19)/t10-/m1/s1. The van der Waals surface area contributed by atoms with Gasteiger partial charge in [-0.2, -0.15) is 0 Å². The summed E-state index contributed by atoms with van der Waals surface area (Å²) >= 11 is 0. The van der Waals surface area contributed by atoms with Gasteiger partial charge in [0.1, 0.15) is 6.04 Å². The Morgan fingerprint density at radius 3 is 2.30 bits per heavy atom. The zero-order chi connectivity index (χ0) is 15.1. The Balaban J connectivity index is 2.45. The van der Waals surface area contributed by atoms with Gasteiger partial charge in [0.25, 0.3) is 0 Å². The van der Waals surface area contributed by atoms with E-state index in [4.69, 9.17) is 10.2 Å². The van der Waals surface area contributed by atoms with Gasteiger partial charge < -0.3 is 20.4 Å². The number of likely N-dealkylation sites (tertiary alicyclic amines) is 1. The van der Waals surface area contributed by atoms with Crippen molar-refractivity contribution in [2.75, 3.05) is 13.1 Å². The number of aliphatic carboxylic acids is 2. The van der Waals surface area contributed by atoms with Crippen LogP contribution in [0.5, 0.6) is 0 Å². The van der Waals surface area contributed by atoms with Crippen molar-refractivity contribution >= 4 is 18.0 Å². The van der Waals surface area contributed by atoms with Gasteiger partial charge in [-0.25, -0.2) is 9.59 Å². The number of amides is 2. The number of carboxylic acid groups (broad SMARTS) is 2. The maximum absolute atomic E-state index is 11.9. The molecular formula is C13H22N2O5. The molecule has 7 heteroatoms. The first-order chi connectivity index (χ1) is 9.43. The maximum atomic E-state index is 11.9. The van der Waals surface area contributed by atoms with Crippen LogP contribution in [0, 0.1) is 5.92 Å². The van der Waals surface area contributed by atoms with Crippen molar-refractivity contribution < 1.29 is 24.6 Å². The summed E-state index contributed by atoms with van der Waals surface area (Å²) in [5.74, 6) is -1.96. The van der Waals surface area contributed by atoms with Crippen LogP contribution in [-0.2, 0) is 9.59 Å². The van der Waals surface area contributed by atoms with E-state index >= 15 is 0 Å². The fraction of sp³-hybridized carbons (Fsp3) is 0.769. The van der Waals surface area contributed by atoms with Crippen molar-refractivity contribution in [3.8, 4) is 0 Å². The first kappa shape index (κ1) is 16.3. The highest BCUT2D eigenvalue weighted by Gasteiger charge is 2.27. The van der Waals surface area contributed by atoms with Crippen LogP contribution in [0.4, 0.5) is 4.79 Å². The van der Waals surface area contributed by atoms with E-state index in [1.165, 1.54) is 0 Å². The molecule has 2 amide bonds. The van der Waals surface area contributed by atoms with Gasteiger partial charge in [0.15, 0.2) is 0 Å². The van der Waals surface area contributed by atoms with Crippen molar-refractivity contribution in [2.24, 2.45) is 5.92 Å². The monoisotopic (exact) mass is 286 g/mol. The number of carbonyl (C=O) groups is 3. The van der Waals surface area contributed by atoms with Gasteiger partial charge in [-0.05, 0) is 18.8 Å². The number of carboxylic acids is 2. The summed E-state index contributed by atoms with van der Waals surface area (Å²) in [7, 11) is 0. The third-order valence-electron chi connectivity index (χ3n) is 3.57. The SMILES string of the molecule is CCCC1CCN(C(=O)N[C@H](CC(=O)O)C(=O)O)CC1.